The number of hydrogen-bond acceptors (Lipinski definition) is 6. The minimum Gasteiger partial charge on any atom is -0.353 e. The molecule has 6 atom stereocenters. The van der Waals surface area contributed by atoms with Gasteiger partial charge in [0.2, 0.25) is 23.6 Å². The Morgan fingerprint density at radius 1 is 0.615 bits per heavy atom. The van der Waals surface area contributed by atoms with Crippen LogP contribution in [0.5, 0.6) is 0 Å². The quantitative estimate of drug-likeness (QED) is 0.201. The molecule has 8 rings (SSSR count). The first-order valence-corrected chi connectivity index (χ1v) is 17.9. The van der Waals surface area contributed by atoms with Gasteiger partial charge >= 0.3 is 0 Å². The molecule has 52 heavy (non-hydrogen) atoms. The predicted molar refractivity (Wildman–Crippen MR) is 200 cm³/mol. The molecule has 0 radical (unpaired) electrons. The van der Waals surface area contributed by atoms with Crippen LogP contribution in [0.25, 0.3) is 12.2 Å². The molecule has 2 aromatic heterocycles. The highest BCUT2D eigenvalue weighted by Crippen LogP contribution is 2.55. The number of pyridine rings is 2. The minimum absolute atomic E-state index is 0.114. The summed E-state index contributed by atoms with van der Waals surface area (Å²) in [5.74, 6) is 2.19. The van der Waals surface area contributed by atoms with Gasteiger partial charge in [0.05, 0.1) is 0 Å². The van der Waals surface area contributed by atoms with Gasteiger partial charge in [0.25, 0.3) is 0 Å². The lowest BCUT2D eigenvalue weighted by molar-refractivity contribution is -0.120. The van der Waals surface area contributed by atoms with Gasteiger partial charge in [-0.15, -0.1) is 0 Å². The molecule has 2 saturated heterocycles. The molecule has 4 aromatic rings. The van der Waals surface area contributed by atoms with E-state index in [0.29, 0.717) is 36.8 Å². The summed E-state index contributed by atoms with van der Waals surface area (Å²) in [4.78, 5) is 60.6. The number of fused-ring (bicyclic) bond motifs is 2. The minimum atomic E-state index is -0.114. The zero-order valence-corrected chi connectivity index (χ0v) is 28.8. The van der Waals surface area contributed by atoms with Crippen LogP contribution in [-0.2, 0) is 19.2 Å². The third kappa shape index (κ3) is 8.18. The zero-order valence-electron chi connectivity index (χ0n) is 28.8. The number of anilines is 2. The first-order chi connectivity index (χ1) is 25.5. The second kappa shape index (κ2) is 16.0. The maximum atomic E-state index is 12.5. The Morgan fingerprint density at radius 3 is 1.38 bits per heavy atom. The summed E-state index contributed by atoms with van der Waals surface area (Å²) in [6.07, 6.45) is 15.1. The van der Waals surface area contributed by atoms with Crippen LogP contribution < -0.4 is 20.4 Å². The normalized spacial score (nSPS) is 23.9. The number of carbonyl (C=O) groups excluding carboxylic acids is 4. The first-order valence-electron chi connectivity index (χ1n) is 17.9. The Hall–Kier alpha value is -5.90. The van der Waals surface area contributed by atoms with Crippen LogP contribution in [0.1, 0.15) is 24.0 Å². The molecule has 2 aliphatic carbocycles. The van der Waals surface area contributed by atoms with Crippen molar-refractivity contribution in [2.45, 2.75) is 12.8 Å². The van der Waals surface area contributed by atoms with Gasteiger partial charge in [-0.2, -0.15) is 0 Å². The molecule has 2 N–H and O–H groups in total. The molecular formula is C42H42N6O4. The number of amides is 4. The summed E-state index contributed by atoms with van der Waals surface area (Å²) in [5.41, 5.74) is 3.76. The maximum absolute atomic E-state index is 12.5. The van der Waals surface area contributed by atoms with Crippen LogP contribution in [0.3, 0.4) is 0 Å². The molecule has 4 fully saturated rings. The number of rotatable bonds is 12. The second-order valence-electron chi connectivity index (χ2n) is 13.7. The van der Waals surface area contributed by atoms with E-state index in [2.05, 4.69) is 20.6 Å². The molecule has 264 valence electrons. The smallest absolute Gasteiger partial charge is 0.244 e. The van der Waals surface area contributed by atoms with E-state index in [1.165, 1.54) is 12.2 Å². The number of hydrogen-bond donors (Lipinski definition) is 2. The van der Waals surface area contributed by atoms with E-state index >= 15 is 0 Å². The summed E-state index contributed by atoms with van der Waals surface area (Å²) < 4.78 is 0. The monoisotopic (exact) mass is 694 g/mol. The fraction of sp³-hybridized carbons (Fsp3) is 0.286. The van der Waals surface area contributed by atoms with Crippen molar-refractivity contribution >= 4 is 47.2 Å². The van der Waals surface area contributed by atoms with E-state index in [-0.39, 0.29) is 35.5 Å². The second-order valence-corrected chi connectivity index (χ2v) is 13.7. The summed E-state index contributed by atoms with van der Waals surface area (Å²) in [6, 6.07) is 27.1. The van der Waals surface area contributed by atoms with Gasteiger partial charge in [0.15, 0.2) is 0 Å². The largest absolute Gasteiger partial charge is 0.353 e. The number of nitrogens with one attached hydrogen (secondary N) is 2. The topological polar surface area (TPSA) is 125 Å². The highest BCUT2D eigenvalue weighted by Gasteiger charge is 2.61. The lowest BCUT2D eigenvalue weighted by atomic mass is 10.1. The van der Waals surface area contributed by atoms with Gasteiger partial charge in [-0.1, -0.05) is 48.5 Å². The Morgan fingerprint density at radius 2 is 1.04 bits per heavy atom. The van der Waals surface area contributed by atoms with E-state index < -0.39 is 0 Å². The van der Waals surface area contributed by atoms with Crippen molar-refractivity contribution in [3.63, 3.8) is 0 Å². The summed E-state index contributed by atoms with van der Waals surface area (Å²) in [6.45, 7) is 2.80. The number of carbonyl (C=O) groups is 4. The van der Waals surface area contributed by atoms with Gasteiger partial charge in [-0.25, -0.2) is 0 Å². The molecule has 4 aliphatic rings. The van der Waals surface area contributed by atoms with Gasteiger partial charge in [0, 0.05) is 86.3 Å². The van der Waals surface area contributed by atoms with Crippen LogP contribution in [-0.4, -0.2) is 59.8 Å². The molecule has 4 heterocycles. The average molecular weight is 695 g/mol. The standard InChI is InChI=1S/2C21H21N3O2/c2*25-19(9-8-15-5-4-11-22-13-15)23-12-10-17-18-14-24(21(26)20(17)18)16-6-2-1-3-7-16/h2*1-9,11,13,17-18,20H,10,12,14H2,(H,23,25)/b2*9-8+/t2*17-,18-,20+/m10/s1. The molecule has 0 unspecified atom stereocenters. The van der Waals surface area contributed by atoms with Crippen LogP contribution in [0.4, 0.5) is 11.4 Å². The SMILES string of the molecule is O=C(/C=C/c1cccnc1)NCC[C@@H]1[C@H]2CN(c3ccccc3)C(=O)[C@@H]12.O=C(/C=C/c1cccnc1)NCC[C@H]1[C@@H]2CN(c3ccccc3)C(=O)[C@H]12. The Labute approximate surface area is 303 Å². The summed E-state index contributed by atoms with van der Waals surface area (Å²) in [7, 11) is 0. The van der Waals surface area contributed by atoms with E-state index in [1.54, 1.807) is 36.9 Å². The van der Waals surface area contributed by atoms with Crippen molar-refractivity contribution in [3.8, 4) is 0 Å². The molecule has 2 aromatic carbocycles. The van der Waals surface area contributed by atoms with Crippen molar-refractivity contribution in [3.05, 3.63) is 133 Å². The van der Waals surface area contributed by atoms with Gasteiger partial charge in [-0.05, 0) is 96.2 Å². The molecule has 2 aliphatic heterocycles. The Balaban J connectivity index is 0.000000162. The van der Waals surface area contributed by atoms with Crippen molar-refractivity contribution < 1.29 is 19.2 Å². The van der Waals surface area contributed by atoms with E-state index in [9.17, 15) is 19.2 Å². The highest BCUT2D eigenvalue weighted by atomic mass is 16.2. The third-order valence-electron chi connectivity index (χ3n) is 10.5. The maximum Gasteiger partial charge on any atom is 0.244 e. The van der Waals surface area contributed by atoms with Gasteiger partial charge < -0.3 is 20.4 Å². The van der Waals surface area contributed by atoms with Crippen molar-refractivity contribution in [1.82, 2.24) is 20.6 Å². The molecule has 4 amide bonds. The molecule has 2 saturated carbocycles. The number of para-hydroxylation sites is 2. The van der Waals surface area contributed by atoms with Crippen molar-refractivity contribution in [2.24, 2.45) is 35.5 Å². The lowest BCUT2D eigenvalue weighted by Crippen LogP contribution is -2.30. The van der Waals surface area contributed by atoms with Crippen LogP contribution >= 0.6 is 0 Å². The number of piperidine rings is 2. The molecule has 10 nitrogen and oxygen atoms in total. The Bertz CT molecular complexity index is 1780. The highest BCUT2D eigenvalue weighted by molar-refractivity contribution is 6.01. The van der Waals surface area contributed by atoms with Crippen molar-refractivity contribution in [2.75, 3.05) is 36.0 Å². The van der Waals surface area contributed by atoms with Crippen LogP contribution in [0.2, 0.25) is 0 Å². The fourth-order valence-electron chi connectivity index (χ4n) is 7.69. The molecule has 10 heteroatoms. The molecule has 0 spiro atoms. The summed E-state index contributed by atoms with van der Waals surface area (Å²) >= 11 is 0. The molecular weight excluding hydrogens is 652 g/mol. The number of benzene rings is 2. The first kappa shape index (κ1) is 34.5. The number of aromatic nitrogens is 2. The van der Waals surface area contributed by atoms with E-state index in [0.717, 1.165) is 48.4 Å². The predicted octanol–water partition coefficient (Wildman–Crippen LogP) is 5.02. The average Bonchev–Trinajstić information content (AvgIpc) is 3.99. The summed E-state index contributed by atoms with van der Waals surface area (Å²) in [5, 5.41) is 5.80. The lowest BCUT2D eigenvalue weighted by Gasteiger charge is -2.20. The van der Waals surface area contributed by atoms with Crippen LogP contribution in [0.15, 0.2) is 122 Å². The van der Waals surface area contributed by atoms with Gasteiger partial charge in [0.1, 0.15) is 0 Å². The van der Waals surface area contributed by atoms with E-state index in [1.807, 2.05) is 94.7 Å². The van der Waals surface area contributed by atoms with E-state index in [4.69, 9.17) is 0 Å². The zero-order chi connectivity index (χ0) is 35.9. The van der Waals surface area contributed by atoms with Gasteiger partial charge in [-0.3, -0.25) is 29.1 Å². The molecule has 0 bridgehead atoms. The van der Waals surface area contributed by atoms with Crippen molar-refractivity contribution in [1.29, 1.82) is 0 Å². The Kier molecular flexibility index (Phi) is 10.6. The van der Waals surface area contributed by atoms with Crippen LogP contribution in [0, 0.1) is 35.5 Å². The number of nitrogens with zero attached hydrogens (tertiary/aromatic N) is 4. The third-order valence-corrected chi connectivity index (χ3v) is 10.5. The fourth-order valence-corrected chi connectivity index (χ4v) is 7.69.